The van der Waals surface area contributed by atoms with Crippen LogP contribution in [0.1, 0.15) is 5.56 Å². The number of rotatable bonds is 5. The summed E-state index contributed by atoms with van der Waals surface area (Å²) in [5.41, 5.74) is 1.55. The summed E-state index contributed by atoms with van der Waals surface area (Å²) in [5.74, 6) is 0.547. The molecule has 8 nitrogen and oxygen atoms in total. The molecule has 0 saturated carbocycles. The van der Waals surface area contributed by atoms with Crippen molar-refractivity contribution in [3.63, 3.8) is 0 Å². The summed E-state index contributed by atoms with van der Waals surface area (Å²) in [7, 11) is 0. The molecule has 0 fully saturated rings. The second-order valence-corrected chi connectivity index (χ2v) is 5.19. The summed E-state index contributed by atoms with van der Waals surface area (Å²) in [6.07, 6.45) is 3.54. The normalized spacial score (nSPS) is 10.8. The summed E-state index contributed by atoms with van der Waals surface area (Å²) < 4.78 is 1.59. The van der Waals surface area contributed by atoms with E-state index in [1.54, 1.807) is 22.8 Å². The third-order valence-corrected chi connectivity index (χ3v) is 3.54. The molecule has 0 saturated heterocycles. The molecule has 0 unspecified atom stereocenters. The maximum Gasteiger partial charge on any atom is 0.269 e. The maximum absolute atomic E-state index is 10.8. The molecule has 3 rings (SSSR count). The van der Waals surface area contributed by atoms with Crippen LogP contribution in [0, 0.1) is 10.1 Å². The van der Waals surface area contributed by atoms with E-state index in [-0.39, 0.29) is 5.69 Å². The van der Waals surface area contributed by atoms with Crippen molar-refractivity contribution in [2.24, 2.45) is 0 Å². The number of fused-ring (bicyclic) bond motifs is 1. The van der Waals surface area contributed by atoms with Gasteiger partial charge < -0.3 is 5.32 Å². The lowest BCUT2D eigenvalue weighted by molar-refractivity contribution is -0.384. The number of aromatic nitrogens is 4. The highest BCUT2D eigenvalue weighted by atomic mass is 32.2. The number of hydrogen-bond donors (Lipinski definition) is 1. The molecule has 9 heteroatoms. The Kier molecular flexibility index (Phi) is 3.88. The van der Waals surface area contributed by atoms with Crippen LogP contribution in [0.5, 0.6) is 0 Å². The number of anilines is 1. The van der Waals surface area contributed by atoms with Crippen LogP contribution < -0.4 is 5.32 Å². The van der Waals surface area contributed by atoms with Crippen LogP contribution in [-0.2, 0) is 6.54 Å². The molecule has 0 aliphatic heterocycles. The molecule has 2 aromatic heterocycles. The van der Waals surface area contributed by atoms with Gasteiger partial charge in [-0.3, -0.25) is 10.1 Å². The van der Waals surface area contributed by atoms with Gasteiger partial charge in [0.2, 0.25) is 5.95 Å². The second-order valence-electron chi connectivity index (χ2n) is 4.42. The van der Waals surface area contributed by atoms with E-state index in [0.29, 0.717) is 23.3 Å². The highest BCUT2D eigenvalue weighted by Crippen LogP contribution is 2.17. The zero-order chi connectivity index (χ0) is 15.5. The molecule has 0 radical (unpaired) electrons. The summed E-state index contributed by atoms with van der Waals surface area (Å²) in [4.78, 5) is 19.1. The first kappa shape index (κ1) is 14.3. The van der Waals surface area contributed by atoms with Gasteiger partial charge >= 0.3 is 0 Å². The van der Waals surface area contributed by atoms with Gasteiger partial charge in [-0.05, 0) is 11.8 Å². The number of non-ortho nitro benzene ring substituents is 1. The van der Waals surface area contributed by atoms with Crippen molar-refractivity contribution < 1.29 is 4.92 Å². The number of thioether (sulfide) groups is 1. The number of hydrogen-bond acceptors (Lipinski definition) is 7. The lowest BCUT2D eigenvalue weighted by atomic mass is 10.2. The first-order valence-electron chi connectivity index (χ1n) is 6.40. The average molecular weight is 316 g/mol. The molecule has 0 amide bonds. The minimum Gasteiger partial charge on any atom is -0.350 e. The highest BCUT2D eigenvalue weighted by Gasteiger charge is 2.09. The lowest BCUT2D eigenvalue weighted by Gasteiger charge is -2.08. The fraction of sp³-hybridized carbons (Fsp3) is 0.154. The largest absolute Gasteiger partial charge is 0.350 e. The molecule has 112 valence electrons. The fourth-order valence-corrected chi connectivity index (χ4v) is 2.33. The standard InChI is InChI=1S/C13H12N6O2S/c1-22-13-16-11-5-6-15-18(11)12(17-13)14-8-9-3-2-4-10(7-9)19(20)21/h2-7H,8H2,1H3,(H,14,16,17). The molecular formula is C13H12N6O2S. The van der Waals surface area contributed by atoms with Gasteiger partial charge in [0, 0.05) is 24.7 Å². The summed E-state index contributed by atoms with van der Waals surface area (Å²) >= 11 is 1.44. The quantitative estimate of drug-likeness (QED) is 0.438. The number of nitrogens with zero attached hydrogens (tertiary/aromatic N) is 5. The monoisotopic (exact) mass is 316 g/mol. The zero-order valence-electron chi connectivity index (χ0n) is 11.6. The van der Waals surface area contributed by atoms with Gasteiger partial charge in [0.05, 0.1) is 11.1 Å². The van der Waals surface area contributed by atoms with Crippen LogP contribution in [0.3, 0.4) is 0 Å². The molecule has 3 aromatic rings. The van der Waals surface area contributed by atoms with Gasteiger partial charge in [0.15, 0.2) is 10.8 Å². The van der Waals surface area contributed by atoms with Gasteiger partial charge in [-0.15, -0.1) is 0 Å². The smallest absolute Gasteiger partial charge is 0.269 e. The van der Waals surface area contributed by atoms with E-state index in [2.05, 4.69) is 20.4 Å². The fourth-order valence-electron chi connectivity index (χ4n) is 1.97. The van der Waals surface area contributed by atoms with E-state index in [1.807, 2.05) is 12.3 Å². The molecule has 0 bridgehead atoms. The Morgan fingerprint density at radius 1 is 1.36 bits per heavy atom. The minimum atomic E-state index is -0.411. The van der Waals surface area contributed by atoms with Gasteiger partial charge in [-0.1, -0.05) is 23.9 Å². The van der Waals surface area contributed by atoms with Crippen LogP contribution in [-0.4, -0.2) is 30.8 Å². The SMILES string of the molecule is CSc1nc(NCc2cccc([N+](=O)[O-])c2)n2nccc2n1. The second kappa shape index (κ2) is 5.98. The summed E-state index contributed by atoms with van der Waals surface area (Å²) in [5, 5.41) is 18.7. The Bertz CT molecular complexity index is 834. The van der Waals surface area contributed by atoms with Crippen LogP contribution >= 0.6 is 11.8 Å². The molecule has 0 atom stereocenters. The van der Waals surface area contributed by atoms with Crippen LogP contribution in [0.2, 0.25) is 0 Å². The number of nitrogens with one attached hydrogen (secondary N) is 1. The van der Waals surface area contributed by atoms with Crippen LogP contribution in [0.15, 0.2) is 41.7 Å². The van der Waals surface area contributed by atoms with Crippen molar-refractivity contribution in [2.45, 2.75) is 11.7 Å². The van der Waals surface area contributed by atoms with Gasteiger partial charge in [0.1, 0.15) is 0 Å². The highest BCUT2D eigenvalue weighted by molar-refractivity contribution is 7.98. The number of nitro groups is 1. The van der Waals surface area contributed by atoms with Crippen molar-refractivity contribution in [3.05, 3.63) is 52.2 Å². The molecule has 22 heavy (non-hydrogen) atoms. The van der Waals surface area contributed by atoms with E-state index in [9.17, 15) is 10.1 Å². The van der Waals surface area contributed by atoms with E-state index in [1.165, 1.54) is 23.9 Å². The maximum atomic E-state index is 10.8. The Balaban J connectivity index is 1.86. The molecule has 1 N–H and O–H groups in total. The first-order chi connectivity index (χ1) is 10.7. The first-order valence-corrected chi connectivity index (χ1v) is 7.63. The van der Waals surface area contributed by atoms with Gasteiger partial charge in [-0.25, -0.2) is 4.98 Å². The van der Waals surface area contributed by atoms with Gasteiger partial charge in [-0.2, -0.15) is 14.6 Å². The molecule has 1 aromatic carbocycles. The van der Waals surface area contributed by atoms with Crippen LogP contribution in [0.25, 0.3) is 5.65 Å². The Labute approximate surface area is 129 Å². The third kappa shape index (κ3) is 2.84. The minimum absolute atomic E-state index is 0.0658. The summed E-state index contributed by atoms with van der Waals surface area (Å²) in [6, 6.07) is 8.26. The number of benzene rings is 1. The Morgan fingerprint density at radius 3 is 3.00 bits per heavy atom. The molecule has 2 heterocycles. The predicted octanol–water partition coefficient (Wildman–Crippen LogP) is 2.37. The van der Waals surface area contributed by atoms with Crippen LogP contribution in [0.4, 0.5) is 11.6 Å². The van der Waals surface area contributed by atoms with Crippen molar-refractivity contribution >= 4 is 29.0 Å². The molecule has 0 aliphatic rings. The molecule has 0 spiro atoms. The average Bonchev–Trinajstić information content (AvgIpc) is 3.01. The van der Waals surface area contributed by atoms with Crippen molar-refractivity contribution in [3.8, 4) is 0 Å². The van der Waals surface area contributed by atoms with E-state index in [0.717, 1.165) is 5.56 Å². The van der Waals surface area contributed by atoms with Crippen molar-refractivity contribution in [1.82, 2.24) is 19.6 Å². The topological polar surface area (TPSA) is 98.2 Å². The van der Waals surface area contributed by atoms with E-state index < -0.39 is 4.92 Å². The Hall–Kier alpha value is -2.68. The molecule has 0 aliphatic carbocycles. The summed E-state index contributed by atoms with van der Waals surface area (Å²) in [6.45, 7) is 0.404. The van der Waals surface area contributed by atoms with Crippen molar-refractivity contribution in [1.29, 1.82) is 0 Å². The van der Waals surface area contributed by atoms with E-state index in [4.69, 9.17) is 0 Å². The lowest BCUT2D eigenvalue weighted by Crippen LogP contribution is -2.09. The zero-order valence-corrected chi connectivity index (χ0v) is 12.4. The van der Waals surface area contributed by atoms with Crippen molar-refractivity contribution in [2.75, 3.05) is 11.6 Å². The number of nitro benzene ring substituents is 1. The predicted molar refractivity (Wildman–Crippen MR) is 83.0 cm³/mol. The van der Waals surface area contributed by atoms with Gasteiger partial charge in [0.25, 0.3) is 5.69 Å². The third-order valence-electron chi connectivity index (χ3n) is 2.99. The van der Waals surface area contributed by atoms with E-state index >= 15 is 0 Å². The Morgan fingerprint density at radius 2 is 2.23 bits per heavy atom. The molecular weight excluding hydrogens is 304 g/mol.